The number of sulfonamides is 1. The molecule has 17 heavy (non-hydrogen) atoms. The van der Waals surface area contributed by atoms with Gasteiger partial charge in [-0.15, -0.1) is 11.3 Å². The van der Waals surface area contributed by atoms with Crippen LogP contribution in [-0.4, -0.2) is 37.0 Å². The van der Waals surface area contributed by atoms with Gasteiger partial charge < -0.3 is 5.11 Å². The molecular formula is C10H16BrNO3S2. The van der Waals surface area contributed by atoms with Gasteiger partial charge in [0, 0.05) is 18.5 Å². The first kappa shape index (κ1) is 15.1. The summed E-state index contributed by atoms with van der Waals surface area (Å²) < 4.78 is 26.4. The van der Waals surface area contributed by atoms with Gasteiger partial charge in [0.25, 0.3) is 0 Å². The Morgan fingerprint density at radius 2 is 2.06 bits per heavy atom. The van der Waals surface area contributed by atoms with Crippen molar-refractivity contribution in [3.8, 4) is 0 Å². The van der Waals surface area contributed by atoms with Crippen LogP contribution in [0, 0.1) is 6.92 Å². The molecule has 0 amide bonds. The molecule has 1 N–H and O–H groups in total. The van der Waals surface area contributed by atoms with Crippen molar-refractivity contribution >= 4 is 37.3 Å². The van der Waals surface area contributed by atoms with Gasteiger partial charge in [-0.1, -0.05) is 0 Å². The predicted molar refractivity (Wildman–Crippen MR) is 72.9 cm³/mol. The highest BCUT2D eigenvalue weighted by molar-refractivity contribution is 9.11. The number of aryl methyl sites for hydroxylation is 1. The molecule has 0 radical (unpaired) electrons. The van der Waals surface area contributed by atoms with Crippen LogP contribution < -0.4 is 0 Å². The number of thiophene rings is 1. The lowest BCUT2D eigenvalue weighted by atomic mass is 10.1. The maximum Gasteiger partial charge on any atom is 0.244 e. The molecule has 0 aliphatic carbocycles. The maximum atomic E-state index is 12.2. The van der Waals surface area contributed by atoms with Gasteiger partial charge in [0.2, 0.25) is 10.0 Å². The van der Waals surface area contributed by atoms with E-state index < -0.39 is 15.6 Å². The average Bonchev–Trinajstić information content (AvgIpc) is 2.42. The normalized spacial score (nSPS) is 13.4. The molecule has 7 heteroatoms. The molecule has 0 fully saturated rings. The minimum atomic E-state index is -3.53. The Morgan fingerprint density at radius 1 is 1.53 bits per heavy atom. The molecule has 1 heterocycles. The number of hydrogen-bond donors (Lipinski definition) is 1. The molecule has 0 saturated heterocycles. The number of halogens is 1. The molecule has 4 nitrogen and oxygen atoms in total. The first-order chi connectivity index (χ1) is 7.54. The van der Waals surface area contributed by atoms with Gasteiger partial charge in [0.05, 0.1) is 14.3 Å². The van der Waals surface area contributed by atoms with Crippen LogP contribution in [0.4, 0.5) is 0 Å². The van der Waals surface area contributed by atoms with Crippen molar-refractivity contribution in [3.63, 3.8) is 0 Å². The van der Waals surface area contributed by atoms with E-state index >= 15 is 0 Å². The number of likely N-dealkylation sites (N-methyl/N-ethyl adjacent to an activating group) is 1. The molecule has 1 aromatic heterocycles. The zero-order valence-electron chi connectivity index (χ0n) is 10.2. The molecule has 1 rings (SSSR count). The Balaban J connectivity index is 3.08. The van der Waals surface area contributed by atoms with Crippen molar-refractivity contribution in [2.45, 2.75) is 31.3 Å². The highest BCUT2D eigenvalue weighted by atomic mass is 79.9. The van der Waals surface area contributed by atoms with Crippen LogP contribution in [0.15, 0.2) is 14.7 Å². The average molecular weight is 342 g/mol. The van der Waals surface area contributed by atoms with Crippen LogP contribution >= 0.6 is 27.3 Å². The molecule has 0 spiro atoms. The van der Waals surface area contributed by atoms with Crippen molar-refractivity contribution in [1.82, 2.24) is 4.31 Å². The minimum absolute atomic E-state index is 0.0578. The number of rotatable bonds is 4. The van der Waals surface area contributed by atoms with Crippen molar-refractivity contribution in [2.75, 3.05) is 13.6 Å². The third-order valence-electron chi connectivity index (χ3n) is 2.14. The highest BCUT2D eigenvalue weighted by Gasteiger charge is 2.28. The fraction of sp³-hybridized carbons (Fsp3) is 0.600. The van der Waals surface area contributed by atoms with Crippen molar-refractivity contribution in [3.05, 3.63) is 14.7 Å². The minimum Gasteiger partial charge on any atom is -0.389 e. The van der Waals surface area contributed by atoms with Gasteiger partial charge in [-0.25, -0.2) is 8.42 Å². The van der Waals surface area contributed by atoms with E-state index in [4.69, 9.17) is 0 Å². The van der Waals surface area contributed by atoms with Gasteiger partial charge >= 0.3 is 0 Å². The van der Waals surface area contributed by atoms with E-state index in [2.05, 4.69) is 15.9 Å². The molecule has 0 aliphatic rings. The smallest absolute Gasteiger partial charge is 0.244 e. The molecule has 1 aromatic rings. The van der Waals surface area contributed by atoms with E-state index in [0.29, 0.717) is 4.90 Å². The van der Waals surface area contributed by atoms with E-state index in [-0.39, 0.29) is 6.54 Å². The fourth-order valence-corrected chi connectivity index (χ4v) is 5.19. The summed E-state index contributed by atoms with van der Waals surface area (Å²) >= 11 is 4.65. The van der Waals surface area contributed by atoms with Crippen LogP contribution in [0.25, 0.3) is 0 Å². The second-order valence-electron chi connectivity index (χ2n) is 4.54. The summed E-state index contributed by atoms with van der Waals surface area (Å²) in [5.74, 6) is 0. The lowest BCUT2D eigenvalue weighted by Gasteiger charge is -2.24. The summed E-state index contributed by atoms with van der Waals surface area (Å²) in [7, 11) is -2.06. The van der Waals surface area contributed by atoms with Crippen LogP contribution in [0.2, 0.25) is 0 Å². The zero-order valence-corrected chi connectivity index (χ0v) is 13.4. The summed E-state index contributed by atoms with van der Waals surface area (Å²) in [6, 6.07) is 1.59. The summed E-state index contributed by atoms with van der Waals surface area (Å²) in [5.41, 5.74) is -1.05. The van der Waals surface area contributed by atoms with E-state index in [0.717, 1.165) is 8.66 Å². The SMILES string of the molecule is Cc1sc(Br)cc1S(=O)(=O)N(C)CC(C)(C)O. The second kappa shape index (κ2) is 4.97. The predicted octanol–water partition coefficient (Wildman–Crippen LogP) is 2.21. The molecule has 0 bridgehead atoms. The first-order valence-electron chi connectivity index (χ1n) is 4.99. The molecule has 0 atom stereocenters. The van der Waals surface area contributed by atoms with Crippen LogP contribution in [-0.2, 0) is 10.0 Å². The Labute approximate surface area is 114 Å². The van der Waals surface area contributed by atoms with Crippen LogP contribution in [0.3, 0.4) is 0 Å². The molecule has 98 valence electrons. The Kier molecular flexibility index (Phi) is 4.42. The van der Waals surface area contributed by atoms with Gasteiger partial charge in [-0.3, -0.25) is 0 Å². The van der Waals surface area contributed by atoms with Crippen molar-refractivity contribution in [1.29, 1.82) is 0 Å². The lowest BCUT2D eigenvalue weighted by Crippen LogP contribution is -2.39. The first-order valence-corrected chi connectivity index (χ1v) is 8.03. The Morgan fingerprint density at radius 3 is 2.41 bits per heavy atom. The standard InChI is InChI=1S/C10H16BrNO3S2/c1-7-8(5-9(11)16-7)17(14,15)12(4)6-10(2,3)13/h5,13H,6H2,1-4H3. The number of hydrogen-bond acceptors (Lipinski definition) is 4. The largest absolute Gasteiger partial charge is 0.389 e. The van der Waals surface area contributed by atoms with Crippen molar-refractivity contribution in [2.24, 2.45) is 0 Å². The monoisotopic (exact) mass is 341 g/mol. The summed E-state index contributed by atoms with van der Waals surface area (Å²) in [5, 5.41) is 9.66. The summed E-state index contributed by atoms with van der Waals surface area (Å²) in [4.78, 5) is 1.03. The van der Waals surface area contributed by atoms with Crippen LogP contribution in [0.5, 0.6) is 0 Å². The highest BCUT2D eigenvalue weighted by Crippen LogP contribution is 2.31. The maximum absolute atomic E-state index is 12.2. The third-order valence-corrected chi connectivity index (χ3v) is 5.75. The summed E-state index contributed by atoms with van der Waals surface area (Å²) in [6.45, 7) is 4.98. The van der Waals surface area contributed by atoms with E-state index in [9.17, 15) is 13.5 Å². The summed E-state index contributed by atoms with van der Waals surface area (Å²) in [6.07, 6.45) is 0. The second-order valence-corrected chi connectivity index (χ2v) is 9.19. The van der Waals surface area contributed by atoms with Gasteiger partial charge in [0.1, 0.15) is 0 Å². The molecular weight excluding hydrogens is 326 g/mol. The number of nitrogens with zero attached hydrogens (tertiary/aromatic N) is 1. The van der Waals surface area contributed by atoms with Crippen LogP contribution in [0.1, 0.15) is 18.7 Å². The Hall–Kier alpha value is 0.0500. The molecule has 0 aliphatic heterocycles. The van der Waals surface area contributed by atoms with Gasteiger partial charge in [0.15, 0.2) is 0 Å². The van der Waals surface area contributed by atoms with Gasteiger partial charge in [-0.2, -0.15) is 4.31 Å². The molecule has 0 aromatic carbocycles. The molecule has 0 unspecified atom stereocenters. The van der Waals surface area contributed by atoms with E-state index in [1.54, 1.807) is 26.8 Å². The van der Waals surface area contributed by atoms with E-state index in [1.807, 2.05) is 0 Å². The molecule has 0 saturated carbocycles. The zero-order chi connectivity index (χ0) is 13.4. The van der Waals surface area contributed by atoms with Gasteiger partial charge in [-0.05, 0) is 42.8 Å². The number of aliphatic hydroxyl groups is 1. The Bertz CT molecular complexity index is 502. The third kappa shape index (κ3) is 3.75. The van der Waals surface area contributed by atoms with E-state index in [1.165, 1.54) is 22.7 Å². The lowest BCUT2D eigenvalue weighted by molar-refractivity contribution is 0.0640. The topological polar surface area (TPSA) is 57.6 Å². The van der Waals surface area contributed by atoms with Crippen molar-refractivity contribution < 1.29 is 13.5 Å². The quantitative estimate of drug-likeness (QED) is 0.913. The fourth-order valence-electron chi connectivity index (χ4n) is 1.48.